The second kappa shape index (κ2) is 13.6. The lowest BCUT2D eigenvalue weighted by atomic mass is 9.84. The smallest absolute Gasteiger partial charge is 0.455 e. The first kappa shape index (κ1) is 35.8. The van der Waals surface area contributed by atoms with Gasteiger partial charge in [-0.3, -0.25) is 28.0 Å². The van der Waals surface area contributed by atoms with Gasteiger partial charge in [0.2, 0.25) is 0 Å². The fourth-order valence-corrected chi connectivity index (χ4v) is 4.84. The summed E-state index contributed by atoms with van der Waals surface area (Å²) < 4.78 is 65.1. The number of carbonyl (C=O) groups is 3. The highest BCUT2D eigenvalue weighted by Gasteiger charge is 2.62. The van der Waals surface area contributed by atoms with Crippen LogP contribution in [0, 0.1) is 17.8 Å². The Labute approximate surface area is 223 Å². The lowest BCUT2D eigenvalue weighted by molar-refractivity contribution is -0.243. The van der Waals surface area contributed by atoms with Crippen molar-refractivity contribution in [2.75, 3.05) is 0 Å². The third-order valence-electron chi connectivity index (χ3n) is 4.89. The van der Waals surface area contributed by atoms with Gasteiger partial charge in [0, 0.05) is 0 Å². The van der Waals surface area contributed by atoms with Gasteiger partial charge in [-0.25, -0.2) is 13.7 Å². The molecule has 0 saturated heterocycles. The van der Waals surface area contributed by atoms with E-state index < -0.39 is 95.8 Å². The Hall–Kier alpha value is -1.26. The molecular weight excluding hydrogens is 597 g/mol. The zero-order valence-corrected chi connectivity index (χ0v) is 24.3. The van der Waals surface area contributed by atoms with Crippen molar-refractivity contribution in [2.45, 2.75) is 78.2 Å². The molecule has 0 aliphatic heterocycles. The van der Waals surface area contributed by atoms with E-state index in [1.54, 1.807) is 0 Å². The van der Waals surface area contributed by atoms with Gasteiger partial charge >= 0.3 is 41.4 Å². The van der Waals surface area contributed by atoms with Gasteiger partial charge in [0.15, 0.2) is 18.3 Å². The molecule has 0 radical (unpaired) electrons. The van der Waals surface area contributed by atoms with E-state index in [0.717, 1.165) is 0 Å². The average Bonchev–Trinajstić information content (AvgIpc) is 2.72. The maximum absolute atomic E-state index is 12.6. The quantitative estimate of drug-likeness (QED) is 0.0949. The van der Waals surface area contributed by atoms with Gasteiger partial charge in [-0.05, 0) is 0 Å². The lowest BCUT2D eigenvalue weighted by Crippen LogP contribution is -2.68. The highest BCUT2D eigenvalue weighted by atomic mass is 31.2. The highest BCUT2D eigenvalue weighted by molar-refractivity contribution is 7.47. The minimum absolute atomic E-state index is 0.917. The molecule has 228 valence electrons. The predicted octanol–water partition coefficient (Wildman–Crippen LogP) is 0.137. The zero-order chi connectivity index (χ0) is 30.7. The Morgan fingerprint density at radius 1 is 0.462 bits per heavy atom. The van der Waals surface area contributed by atoms with Crippen LogP contribution in [0.2, 0.25) is 0 Å². The molecule has 1 saturated carbocycles. The van der Waals surface area contributed by atoms with Crippen LogP contribution >= 0.6 is 23.5 Å². The maximum atomic E-state index is 12.6. The molecule has 0 bridgehead atoms. The topological polar surface area (TPSA) is 279 Å². The number of rotatable bonds is 12. The van der Waals surface area contributed by atoms with Crippen molar-refractivity contribution in [1.82, 2.24) is 0 Å². The standard InChI is InChI=1S/C18H33O18P3/c1-7(2)16(19)31-10-11(32-17(20)8(3)4)13(34-37(22,23)24)15(36-39(28,29)30)14(35-38(25,26)27)12(10)33-18(21)9(5)6/h7-15H,1-6H3,(H2,22,23,24)(H2,25,26,27)(H2,28,29,30)/t10-,11-,12+,13-,14-,15-/m0/s1. The molecular formula is C18H33O18P3. The van der Waals surface area contributed by atoms with Crippen molar-refractivity contribution in [3.05, 3.63) is 0 Å². The molecule has 6 atom stereocenters. The van der Waals surface area contributed by atoms with Gasteiger partial charge in [0.1, 0.15) is 18.3 Å². The number of hydrogen-bond acceptors (Lipinski definition) is 12. The second-order valence-corrected chi connectivity index (χ2v) is 12.9. The zero-order valence-electron chi connectivity index (χ0n) is 21.6. The van der Waals surface area contributed by atoms with Crippen LogP contribution in [0.4, 0.5) is 0 Å². The maximum Gasteiger partial charge on any atom is 0.470 e. The third kappa shape index (κ3) is 11.6. The Bertz CT molecular complexity index is 966. The van der Waals surface area contributed by atoms with Gasteiger partial charge in [0.05, 0.1) is 17.8 Å². The summed E-state index contributed by atoms with van der Waals surface area (Å²) in [6, 6.07) is 0. The summed E-state index contributed by atoms with van der Waals surface area (Å²) in [5, 5.41) is 0. The Kier molecular flexibility index (Phi) is 12.5. The van der Waals surface area contributed by atoms with Gasteiger partial charge in [-0.1, -0.05) is 41.5 Å². The van der Waals surface area contributed by atoms with E-state index in [-0.39, 0.29) is 0 Å². The Morgan fingerprint density at radius 3 is 0.821 bits per heavy atom. The van der Waals surface area contributed by atoms with Gasteiger partial charge in [-0.2, -0.15) is 0 Å². The molecule has 0 spiro atoms. The van der Waals surface area contributed by atoms with Crippen LogP contribution in [-0.4, -0.2) is 83.9 Å². The number of hydrogen-bond donors (Lipinski definition) is 6. The molecule has 18 nitrogen and oxygen atoms in total. The molecule has 1 aliphatic rings. The van der Waals surface area contributed by atoms with E-state index in [9.17, 15) is 57.4 Å². The van der Waals surface area contributed by atoms with Gasteiger partial charge < -0.3 is 43.6 Å². The van der Waals surface area contributed by atoms with Crippen LogP contribution in [-0.2, 0) is 55.9 Å². The summed E-state index contributed by atoms with van der Waals surface area (Å²) >= 11 is 0. The SMILES string of the molecule is CC(C)C(=O)O[C@@H]1[C@@H](OC(=O)C(C)C)[C@H](OP(=O)(O)O)[C@@H](OP(=O)(O)O)[C@@H](OP(=O)(O)O)[C@H]1OC(=O)C(C)C. The molecule has 0 aromatic heterocycles. The molecule has 39 heavy (non-hydrogen) atoms. The largest absolute Gasteiger partial charge is 0.470 e. The Morgan fingerprint density at radius 2 is 0.641 bits per heavy atom. The fraction of sp³-hybridized carbons (Fsp3) is 0.833. The van der Waals surface area contributed by atoms with Crippen LogP contribution in [0.3, 0.4) is 0 Å². The molecule has 0 amide bonds. The molecule has 0 aromatic carbocycles. The van der Waals surface area contributed by atoms with Crippen molar-refractivity contribution in [3.8, 4) is 0 Å². The van der Waals surface area contributed by atoms with Gasteiger partial charge in [-0.15, -0.1) is 0 Å². The highest BCUT2D eigenvalue weighted by Crippen LogP contribution is 2.51. The number of ether oxygens (including phenoxy) is 3. The summed E-state index contributed by atoms with van der Waals surface area (Å²) in [7, 11) is -17.1. The van der Waals surface area contributed by atoms with E-state index in [0.29, 0.717) is 0 Å². The van der Waals surface area contributed by atoms with Crippen molar-refractivity contribution in [3.63, 3.8) is 0 Å². The molecule has 0 aromatic rings. The number of phosphoric acid groups is 3. The third-order valence-corrected chi connectivity index (χ3v) is 6.45. The van der Waals surface area contributed by atoms with Crippen molar-refractivity contribution in [1.29, 1.82) is 0 Å². The van der Waals surface area contributed by atoms with Crippen LogP contribution in [0.5, 0.6) is 0 Å². The molecule has 1 fully saturated rings. The molecule has 1 aliphatic carbocycles. The average molecular weight is 630 g/mol. The molecule has 21 heteroatoms. The molecule has 0 heterocycles. The number of phosphoric ester groups is 3. The summed E-state index contributed by atoms with van der Waals surface area (Å²) in [4.78, 5) is 94.7. The first-order valence-corrected chi connectivity index (χ1v) is 15.9. The fourth-order valence-electron chi connectivity index (χ4n) is 3.17. The van der Waals surface area contributed by atoms with Crippen molar-refractivity contribution >= 4 is 41.4 Å². The monoisotopic (exact) mass is 630 g/mol. The van der Waals surface area contributed by atoms with Gasteiger partial charge in [0.25, 0.3) is 0 Å². The lowest BCUT2D eigenvalue weighted by Gasteiger charge is -2.48. The summed E-state index contributed by atoms with van der Waals surface area (Å²) in [5.41, 5.74) is 0. The molecule has 6 N–H and O–H groups in total. The minimum atomic E-state index is -5.72. The van der Waals surface area contributed by atoms with Crippen LogP contribution < -0.4 is 0 Å². The predicted molar refractivity (Wildman–Crippen MR) is 125 cm³/mol. The number of carbonyl (C=O) groups excluding carboxylic acids is 3. The van der Waals surface area contributed by atoms with E-state index in [1.807, 2.05) is 0 Å². The number of esters is 3. The van der Waals surface area contributed by atoms with Crippen LogP contribution in [0.15, 0.2) is 0 Å². The normalized spacial score (nSPS) is 26.5. The first-order chi connectivity index (χ1) is 17.4. The van der Waals surface area contributed by atoms with E-state index in [2.05, 4.69) is 13.6 Å². The second-order valence-electron chi connectivity index (χ2n) is 9.35. The summed E-state index contributed by atoms with van der Waals surface area (Å²) in [6.45, 7) is 8.03. The van der Waals surface area contributed by atoms with Crippen LogP contribution in [0.25, 0.3) is 0 Å². The summed E-state index contributed by atoms with van der Waals surface area (Å²) in [5.74, 6) is -6.09. The molecule has 1 rings (SSSR count). The van der Waals surface area contributed by atoms with Crippen molar-refractivity contribution < 1.29 is 85.2 Å². The Balaban J connectivity index is 4.04. The minimum Gasteiger partial charge on any atom is -0.455 e. The molecule has 0 unspecified atom stereocenters. The first-order valence-electron chi connectivity index (χ1n) is 11.3. The van der Waals surface area contributed by atoms with E-state index >= 15 is 0 Å². The summed E-state index contributed by atoms with van der Waals surface area (Å²) in [6.07, 6.45) is -14.2. The van der Waals surface area contributed by atoms with Crippen LogP contribution in [0.1, 0.15) is 41.5 Å². The van der Waals surface area contributed by atoms with E-state index in [1.165, 1.54) is 41.5 Å². The van der Waals surface area contributed by atoms with Crippen molar-refractivity contribution in [2.24, 2.45) is 17.8 Å². The van der Waals surface area contributed by atoms with E-state index in [4.69, 9.17) is 14.2 Å².